The van der Waals surface area contributed by atoms with Crippen molar-refractivity contribution in [1.82, 2.24) is 10.6 Å². The Morgan fingerprint density at radius 2 is 1.88 bits per heavy atom. The lowest BCUT2D eigenvalue weighted by molar-refractivity contribution is -0.118. The molecule has 1 saturated carbocycles. The third-order valence-electron chi connectivity index (χ3n) is 3.48. The van der Waals surface area contributed by atoms with Crippen molar-refractivity contribution in [2.24, 2.45) is 0 Å². The van der Waals surface area contributed by atoms with Gasteiger partial charge in [0.15, 0.2) is 0 Å². The van der Waals surface area contributed by atoms with Crippen molar-refractivity contribution in [2.75, 3.05) is 0 Å². The number of carbonyl (C=O) groups is 1. The highest BCUT2D eigenvalue weighted by Crippen LogP contribution is 2.17. The average Bonchev–Trinajstić information content (AvgIpc) is 2.68. The van der Waals surface area contributed by atoms with E-state index in [9.17, 15) is 4.79 Å². The zero-order valence-electron chi connectivity index (χ0n) is 10.2. The molecule has 0 bridgehead atoms. The second-order valence-electron chi connectivity index (χ2n) is 4.94. The molecular weight excluding hydrogens is 214 g/mol. The molecule has 4 nitrogen and oxygen atoms in total. The zero-order chi connectivity index (χ0) is 12.1. The molecule has 0 unspecified atom stereocenters. The van der Waals surface area contributed by atoms with E-state index in [1.807, 2.05) is 0 Å². The lowest BCUT2D eigenvalue weighted by Crippen LogP contribution is -2.38. The standard InChI is InChI=1S/C13H21N3O/c14-12-9-8-11(16-12)13(17)15-10-6-4-2-1-3-5-7-10/h8,10H,1-7,9H2,(H2,14,16)(H,15,17). The summed E-state index contributed by atoms with van der Waals surface area (Å²) in [5.41, 5.74) is 0.553. The molecule has 0 atom stereocenters. The van der Waals surface area contributed by atoms with E-state index in [0.717, 1.165) is 12.8 Å². The van der Waals surface area contributed by atoms with Gasteiger partial charge in [0, 0.05) is 12.5 Å². The minimum absolute atomic E-state index is 0.0437. The van der Waals surface area contributed by atoms with Crippen molar-refractivity contribution in [3.8, 4) is 0 Å². The van der Waals surface area contributed by atoms with E-state index in [1.54, 1.807) is 6.08 Å². The number of amides is 1. The summed E-state index contributed by atoms with van der Waals surface area (Å²) in [7, 11) is 0. The molecular formula is C13H21N3O. The number of hydrogen-bond donors (Lipinski definition) is 3. The van der Waals surface area contributed by atoms with Crippen LogP contribution in [-0.4, -0.2) is 17.8 Å². The first kappa shape index (κ1) is 12.1. The molecule has 0 aromatic rings. The van der Waals surface area contributed by atoms with Crippen molar-refractivity contribution >= 4 is 11.7 Å². The topological polar surface area (TPSA) is 65.0 Å². The third-order valence-corrected chi connectivity index (χ3v) is 3.48. The number of rotatable bonds is 2. The second-order valence-corrected chi connectivity index (χ2v) is 4.94. The number of nitrogens with one attached hydrogen (secondary N) is 3. The van der Waals surface area contributed by atoms with Crippen LogP contribution in [-0.2, 0) is 4.79 Å². The lowest BCUT2D eigenvalue weighted by atomic mass is 9.96. The largest absolute Gasteiger partial charge is 0.348 e. The SMILES string of the molecule is N=C1CC=C(C(=O)NC2CCCCCCC2)N1. The van der Waals surface area contributed by atoms with Gasteiger partial charge in [-0.15, -0.1) is 0 Å². The minimum Gasteiger partial charge on any atom is -0.348 e. The van der Waals surface area contributed by atoms with Gasteiger partial charge in [-0.25, -0.2) is 0 Å². The molecule has 1 heterocycles. The maximum atomic E-state index is 11.9. The smallest absolute Gasteiger partial charge is 0.267 e. The molecule has 1 fully saturated rings. The monoisotopic (exact) mass is 235 g/mol. The van der Waals surface area contributed by atoms with E-state index in [4.69, 9.17) is 5.41 Å². The van der Waals surface area contributed by atoms with Crippen LogP contribution in [0.15, 0.2) is 11.8 Å². The van der Waals surface area contributed by atoms with Gasteiger partial charge in [-0.05, 0) is 18.9 Å². The Bertz CT molecular complexity index is 328. The Morgan fingerprint density at radius 1 is 1.24 bits per heavy atom. The Kier molecular flexibility index (Phi) is 4.18. The van der Waals surface area contributed by atoms with E-state index in [-0.39, 0.29) is 5.91 Å². The summed E-state index contributed by atoms with van der Waals surface area (Å²) in [6, 6.07) is 0.320. The summed E-state index contributed by atoms with van der Waals surface area (Å²) in [6.07, 6.45) is 10.9. The van der Waals surface area contributed by atoms with Crippen LogP contribution >= 0.6 is 0 Å². The van der Waals surface area contributed by atoms with Crippen LogP contribution in [0.2, 0.25) is 0 Å². The first-order chi connectivity index (χ1) is 8.25. The van der Waals surface area contributed by atoms with E-state index in [2.05, 4.69) is 10.6 Å². The highest BCUT2D eigenvalue weighted by atomic mass is 16.2. The molecule has 2 aliphatic rings. The third kappa shape index (κ3) is 3.58. The van der Waals surface area contributed by atoms with Crippen molar-refractivity contribution in [1.29, 1.82) is 5.41 Å². The normalized spacial score (nSPS) is 22.4. The maximum absolute atomic E-state index is 11.9. The van der Waals surface area contributed by atoms with Gasteiger partial charge in [0.05, 0.1) is 0 Å². The zero-order valence-corrected chi connectivity index (χ0v) is 10.2. The van der Waals surface area contributed by atoms with Gasteiger partial charge in [-0.1, -0.05) is 32.1 Å². The predicted octanol–water partition coefficient (Wildman–Crippen LogP) is 2.07. The molecule has 0 aromatic carbocycles. The Morgan fingerprint density at radius 3 is 2.47 bits per heavy atom. The fourth-order valence-corrected chi connectivity index (χ4v) is 2.48. The molecule has 0 spiro atoms. The summed E-state index contributed by atoms with van der Waals surface area (Å²) in [6.45, 7) is 0. The summed E-state index contributed by atoms with van der Waals surface area (Å²) in [5, 5.41) is 13.3. The van der Waals surface area contributed by atoms with E-state index >= 15 is 0 Å². The van der Waals surface area contributed by atoms with E-state index < -0.39 is 0 Å². The molecule has 3 N–H and O–H groups in total. The molecule has 1 aliphatic carbocycles. The molecule has 1 aliphatic heterocycles. The van der Waals surface area contributed by atoms with Crippen molar-refractivity contribution in [3.05, 3.63) is 11.8 Å². The summed E-state index contributed by atoms with van der Waals surface area (Å²) < 4.78 is 0. The van der Waals surface area contributed by atoms with Gasteiger partial charge in [-0.3, -0.25) is 10.2 Å². The first-order valence-corrected chi connectivity index (χ1v) is 6.61. The number of amidine groups is 1. The summed E-state index contributed by atoms with van der Waals surface area (Å²) >= 11 is 0. The van der Waals surface area contributed by atoms with Gasteiger partial charge in [-0.2, -0.15) is 0 Å². The van der Waals surface area contributed by atoms with Gasteiger partial charge in [0.2, 0.25) is 0 Å². The average molecular weight is 235 g/mol. The van der Waals surface area contributed by atoms with Crippen molar-refractivity contribution < 1.29 is 4.79 Å². The molecule has 1 amide bonds. The van der Waals surface area contributed by atoms with Crippen LogP contribution < -0.4 is 10.6 Å². The van der Waals surface area contributed by atoms with Crippen LogP contribution in [0.4, 0.5) is 0 Å². The molecule has 0 radical (unpaired) electrons. The minimum atomic E-state index is -0.0437. The second kappa shape index (κ2) is 5.84. The fraction of sp³-hybridized carbons (Fsp3) is 0.692. The lowest BCUT2D eigenvalue weighted by Gasteiger charge is -2.21. The molecule has 0 saturated heterocycles. The molecule has 2 rings (SSSR count). The summed E-state index contributed by atoms with van der Waals surface area (Å²) in [5.74, 6) is 0.366. The molecule has 0 aromatic heterocycles. The number of hydrogen-bond acceptors (Lipinski definition) is 2. The van der Waals surface area contributed by atoms with Crippen LogP contribution in [0.3, 0.4) is 0 Å². The Balaban J connectivity index is 1.82. The highest BCUT2D eigenvalue weighted by molar-refractivity contribution is 6.01. The van der Waals surface area contributed by atoms with Gasteiger partial charge < -0.3 is 10.6 Å². The fourth-order valence-electron chi connectivity index (χ4n) is 2.48. The maximum Gasteiger partial charge on any atom is 0.267 e. The van der Waals surface area contributed by atoms with Crippen LogP contribution in [0.1, 0.15) is 51.4 Å². The van der Waals surface area contributed by atoms with Crippen molar-refractivity contribution in [2.45, 2.75) is 57.4 Å². The van der Waals surface area contributed by atoms with Gasteiger partial charge >= 0.3 is 0 Å². The van der Waals surface area contributed by atoms with Crippen LogP contribution in [0.25, 0.3) is 0 Å². The molecule has 4 heteroatoms. The van der Waals surface area contributed by atoms with E-state index in [1.165, 1.54) is 32.1 Å². The first-order valence-electron chi connectivity index (χ1n) is 6.61. The van der Waals surface area contributed by atoms with E-state index in [0.29, 0.717) is 24.0 Å². The van der Waals surface area contributed by atoms with Gasteiger partial charge in [0.25, 0.3) is 5.91 Å². The Hall–Kier alpha value is -1.32. The Labute approximate surface area is 102 Å². The van der Waals surface area contributed by atoms with Crippen LogP contribution in [0, 0.1) is 5.41 Å². The quantitative estimate of drug-likeness (QED) is 0.686. The number of carbonyl (C=O) groups excluding carboxylic acids is 1. The molecule has 17 heavy (non-hydrogen) atoms. The molecule has 94 valence electrons. The van der Waals surface area contributed by atoms with Crippen molar-refractivity contribution in [3.63, 3.8) is 0 Å². The summed E-state index contributed by atoms with van der Waals surface area (Å²) in [4.78, 5) is 11.9. The van der Waals surface area contributed by atoms with Gasteiger partial charge in [0.1, 0.15) is 11.5 Å². The highest BCUT2D eigenvalue weighted by Gasteiger charge is 2.19. The predicted molar refractivity (Wildman–Crippen MR) is 67.8 cm³/mol. The van der Waals surface area contributed by atoms with Crippen LogP contribution in [0.5, 0.6) is 0 Å².